The van der Waals surface area contributed by atoms with E-state index in [0.717, 1.165) is 5.39 Å². The molecular formula is C15H7Cl3O2S. The zero-order valence-electron chi connectivity index (χ0n) is 10.4. The molecule has 0 atom stereocenters. The molecule has 0 N–H and O–H groups in total. The Kier molecular flexibility index (Phi) is 4.18. The first-order valence-electron chi connectivity index (χ1n) is 5.90. The van der Waals surface area contributed by atoms with Crippen molar-refractivity contribution in [1.29, 1.82) is 0 Å². The molecule has 0 aliphatic rings. The molecule has 2 nitrogen and oxygen atoms in total. The van der Waals surface area contributed by atoms with Gasteiger partial charge in [-0.05, 0) is 30.3 Å². The van der Waals surface area contributed by atoms with Crippen LogP contribution in [0, 0.1) is 0 Å². The Bertz CT molecular complexity index is 869. The standard InChI is InChI=1S/C15H7Cl3O2S/c16-8-4-5-12-9(6-8)13(7-14(19)20-12)21-15-10(17)2-1-3-11(15)18/h1-7H. The fourth-order valence-electron chi connectivity index (χ4n) is 1.88. The zero-order valence-corrected chi connectivity index (χ0v) is 13.5. The number of rotatable bonds is 2. The lowest BCUT2D eigenvalue weighted by Gasteiger charge is -2.08. The van der Waals surface area contributed by atoms with Crippen LogP contribution in [0.4, 0.5) is 0 Å². The van der Waals surface area contributed by atoms with Crippen LogP contribution in [0.5, 0.6) is 0 Å². The first kappa shape index (κ1) is 14.8. The molecule has 1 heterocycles. The predicted molar refractivity (Wildman–Crippen MR) is 88.1 cm³/mol. The molecule has 0 aliphatic heterocycles. The lowest BCUT2D eigenvalue weighted by Crippen LogP contribution is -1.97. The second-order valence-corrected chi connectivity index (χ2v) is 6.53. The van der Waals surface area contributed by atoms with Gasteiger partial charge in [0.05, 0.1) is 10.0 Å². The summed E-state index contributed by atoms with van der Waals surface area (Å²) in [5.74, 6) is 0. The molecule has 3 rings (SSSR count). The van der Waals surface area contributed by atoms with Gasteiger partial charge in [-0.3, -0.25) is 0 Å². The summed E-state index contributed by atoms with van der Waals surface area (Å²) in [4.78, 5) is 13.1. The van der Waals surface area contributed by atoms with Crippen molar-refractivity contribution < 1.29 is 4.42 Å². The zero-order chi connectivity index (χ0) is 15.0. The van der Waals surface area contributed by atoms with E-state index in [1.165, 1.54) is 17.8 Å². The number of hydrogen-bond acceptors (Lipinski definition) is 3. The maximum Gasteiger partial charge on any atom is 0.337 e. The van der Waals surface area contributed by atoms with Crippen LogP contribution < -0.4 is 5.63 Å². The Morgan fingerprint density at radius 3 is 2.38 bits per heavy atom. The third kappa shape index (κ3) is 3.06. The maximum atomic E-state index is 11.7. The van der Waals surface area contributed by atoms with Gasteiger partial charge in [-0.2, -0.15) is 0 Å². The summed E-state index contributed by atoms with van der Waals surface area (Å²) in [6.45, 7) is 0. The molecule has 6 heteroatoms. The topological polar surface area (TPSA) is 30.2 Å². The molecule has 0 amide bonds. The summed E-state index contributed by atoms with van der Waals surface area (Å²) in [6, 6.07) is 11.7. The van der Waals surface area contributed by atoms with E-state index >= 15 is 0 Å². The number of hydrogen-bond donors (Lipinski definition) is 0. The molecule has 0 spiro atoms. The van der Waals surface area contributed by atoms with E-state index in [4.69, 9.17) is 39.2 Å². The molecule has 0 radical (unpaired) electrons. The minimum Gasteiger partial charge on any atom is -0.423 e. The van der Waals surface area contributed by atoms with Crippen LogP contribution >= 0.6 is 46.6 Å². The van der Waals surface area contributed by atoms with Crippen molar-refractivity contribution in [2.24, 2.45) is 0 Å². The van der Waals surface area contributed by atoms with Crippen molar-refractivity contribution in [2.45, 2.75) is 9.79 Å². The van der Waals surface area contributed by atoms with Crippen LogP contribution in [-0.4, -0.2) is 0 Å². The number of halogens is 3. The van der Waals surface area contributed by atoms with Gasteiger partial charge in [0.2, 0.25) is 0 Å². The lowest BCUT2D eigenvalue weighted by molar-refractivity contribution is 0.557. The molecule has 2 aromatic carbocycles. The van der Waals surface area contributed by atoms with Crippen LogP contribution in [0.25, 0.3) is 11.0 Å². The molecule has 21 heavy (non-hydrogen) atoms. The van der Waals surface area contributed by atoms with Gasteiger partial charge in [-0.15, -0.1) is 0 Å². The second-order valence-electron chi connectivity index (χ2n) is 4.22. The van der Waals surface area contributed by atoms with E-state index in [9.17, 15) is 4.79 Å². The molecule has 0 saturated heterocycles. The van der Waals surface area contributed by atoms with Gasteiger partial charge in [-0.25, -0.2) is 4.79 Å². The number of fused-ring (bicyclic) bond motifs is 1. The maximum absolute atomic E-state index is 11.7. The third-order valence-corrected chi connectivity index (χ3v) is 5.09. The SMILES string of the molecule is O=c1cc(Sc2c(Cl)cccc2Cl)c2cc(Cl)ccc2o1. The highest BCUT2D eigenvalue weighted by Crippen LogP contribution is 2.40. The van der Waals surface area contributed by atoms with Gasteiger partial charge in [0.25, 0.3) is 0 Å². The van der Waals surface area contributed by atoms with Crippen LogP contribution in [0.3, 0.4) is 0 Å². The average molecular weight is 358 g/mol. The molecule has 0 unspecified atom stereocenters. The summed E-state index contributed by atoms with van der Waals surface area (Å²) in [5.41, 5.74) is 0.0353. The lowest BCUT2D eigenvalue weighted by atomic mass is 10.2. The smallest absolute Gasteiger partial charge is 0.337 e. The van der Waals surface area contributed by atoms with Gasteiger partial charge in [0.15, 0.2) is 0 Å². The molecule has 0 aliphatic carbocycles. The average Bonchev–Trinajstić information content (AvgIpc) is 2.43. The van der Waals surface area contributed by atoms with Gasteiger partial charge >= 0.3 is 5.63 Å². The largest absolute Gasteiger partial charge is 0.423 e. The molecule has 0 saturated carbocycles. The van der Waals surface area contributed by atoms with Gasteiger partial charge in [0.1, 0.15) is 5.58 Å². The van der Waals surface area contributed by atoms with Crippen molar-refractivity contribution in [1.82, 2.24) is 0 Å². The van der Waals surface area contributed by atoms with Crippen LogP contribution in [0.15, 0.2) is 61.5 Å². The predicted octanol–water partition coefficient (Wildman–Crippen LogP) is 5.90. The van der Waals surface area contributed by atoms with E-state index < -0.39 is 5.63 Å². The summed E-state index contributed by atoms with van der Waals surface area (Å²) in [5, 5.41) is 2.35. The van der Waals surface area contributed by atoms with Crippen molar-refractivity contribution in [3.63, 3.8) is 0 Å². The van der Waals surface area contributed by atoms with Crippen molar-refractivity contribution in [2.75, 3.05) is 0 Å². The Labute approximate surface area is 139 Å². The highest BCUT2D eigenvalue weighted by atomic mass is 35.5. The Morgan fingerprint density at radius 2 is 1.67 bits per heavy atom. The molecule has 1 aromatic heterocycles. The van der Waals surface area contributed by atoms with Crippen LogP contribution in [0.2, 0.25) is 15.1 Å². The summed E-state index contributed by atoms with van der Waals surface area (Å²) in [7, 11) is 0. The van der Waals surface area contributed by atoms with Crippen molar-refractivity contribution in [3.05, 3.63) is 68.0 Å². The molecule has 3 aromatic rings. The van der Waals surface area contributed by atoms with Crippen molar-refractivity contribution in [3.8, 4) is 0 Å². The molecule has 0 fully saturated rings. The highest BCUT2D eigenvalue weighted by Gasteiger charge is 2.12. The van der Waals surface area contributed by atoms with Crippen LogP contribution in [0.1, 0.15) is 0 Å². The quantitative estimate of drug-likeness (QED) is 0.534. The monoisotopic (exact) mass is 356 g/mol. The normalized spacial score (nSPS) is 11.0. The Hall–Kier alpha value is -1.13. The van der Waals surface area contributed by atoms with Crippen molar-refractivity contribution >= 4 is 57.5 Å². The van der Waals surface area contributed by atoms with E-state index in [1.807, 2.05) is 0 Å². The summed E-state index contributed by atoms with van der Waals surface area (Å²) in [6.07, 6.45) is 0. The van der Waals surface area contributed by atoms with E-state index in [2.05, 4.69) is 0 Å². The summed E-state index contributed by atoms with van der Waals surface area (Å²) >= 11 is 19.7. The fraction of sp³-hybridized carbons (Fsp3) is 0. The molecule has 0 bridgehead atoms. The van der Waals surface area contributed by atoms with E-state index in [-0.39, 0.29) is 0 Å². The first-order valence-corrected chi connectivity index (χ1v) is 7.85. The minimum atomic E-state index is -0.435. The summed E-state index contributed by atoms with van der Waals surface area (Å²) < 4.78 is 5.16. The Balaban J connectivity index is 2.20. The molecule has 106 valence electrons. The number of benzene rings is 2. The second kappa shape index (κ2) is 5.93. The third-order valence-electron chi connectivity index (χ3n) is 2.80. The van der Waals surface area contributed by atoms with Crippen LogP contribution in [-0.2, 0) is 0 Å². The fourth-order valence-corrected chi connectivity index (χ4v) is 3.66. The molecular weight excluding hydrogens is 351 g/mol. The van der Waals surface area contributed by atoms with E-state index in [0.29, 0.717) is 30.4 Å². The Morgan fingerprint density at radius 1 is 0.952 bits per heavy atom. The minimum absolute atomic E-state index is 0.435. The van der Waals surface area contributed by atoms with Gasteiger partial charge < -0.3 is 4.42 Å². The van der Waals surface area contributed by atoms with Gasteiger partial charge in [0, 0.05) is 26.3 Å². The first-order chi connectivity index (χ1) is 10.0. The highest BCUT2D eigenvalue weighted by molar-refractivity contribution is 7.99. The van der Waals surface area contributed by atoms with Gasteiger partial charge in [-0.1, -0.05) is 52.6 Å². The van der Waals surface area contributed by atoms with E-state index in [1.54, 1.807) is 36.4 Å².